The smallest absolute Gasteiger partial charge is 0.146 e. The Morgan fingerprint density at radius 2 is 1.81 bits per heavy atom. The van der Waals surface area contributed by atoms with Gasteiger partial charge in [0.25, 0.3) is 0 Å². The minimum Gasteiger partial charge on any atom is -0.383 e. The average Bonchev–Trinajstić information content (AvgIpc) is 2.25. The molecule has 0 bridgehead atoms. The number of benzene rings is 1. The summed E-state index contributed by atoms with van der Waals surface area (Å²) in [5.41, 5.74) is 0.605. The summed E-state index contributed by atoms with van der Waals surface area (Å²) in [7, 11) is 0. The molecule has 0 aliphatic rings. The van der Waals surface area contributed by atoms with Crippen LogP contribution < -0.4 is 5.32 Å². The van der Waals surface area contributed by atoms with Gasteiger partial charge in [-0.25, -0.2) is 8.78 Å². The van der Waals surface area contributed by atoms with Crippen molar-refractivity contribution in [2.24, 2.45) is 0 Å². The summed E-state index contributed by atoms with van der Waals surface area (Å²) >= 11 is 0. The van der Waals surface area contributed by atoms with Crippen LogP contribution in [0.25, 0.3) is 0 Å². The fraction of sp³-hybridized carbons (Fsp3) is 0.538. The lowest BCUT2D eigenvalue weighted by Gasteiger charge is -2.08. The second kappa shape index (κ2) is 6.46. The van der Waals surface area contributed by atoms with Gasteiger partial charge in [0, 0.05) is 12.6 Å². The molecule has 0 fully saturated rings. The SMILES string of the molecule is CCCCCCNc1cc(F)c(C)cc1F. The quantitative estimate of drug-likeness (QED) is 0.716. The van der Waals surface area contributed by atoms with Crippen molar-refractivity contribution in [1.82, 2.24) is 0 Å². The number of unbranched alkanes of at least 4 members (excludes halogenated alkanes) is 3. The largest absolute Gasteiger partial charge is 0.383 e. The highest BCUT2D eigenvalue weighted by atomic mass is 19.1. The van der Waals surface area contributed by atoms with Gasteiger partial charge in [-0.2, -0.15) is 0 Å². The maximum atomic E-state index is 13.4. The number of hydrogen-bond donors (Lipinski definition) is 1. The Hall–Kier alpha value is -1.12. The van der Waals surface area contributed by atoms with E-state index >= 15 is 0 Å². The summed E-state index contributed by atoms with van der Waals surface area (Å²) in [5.74, 6) is -0.744. The van der Waals surface area contributed by atoms with Gasteiger partial charge >= 0.3 is 0 Å². The van der Waals surface area contributed by atoms with Crippen molar-refractivity contribution < 1.29 is 8.78 Å². The van der Waals surface area contributed by atoms with Crippen LogP contribution in [0, 0.1) is 18.6 Å². The molecular formula is C13H19F2N. The van der Waals surface area contributed by atoms with E-state index < -0.39 is 0 Å². The third-order valence-corrected chi connectivity index (χ3v) is 2.59. The number of rotatable bonds is 6. The van der Waals surface area contributed by atoms with Crippen LogP contribution in [0.2, 0.25) is 0 Å². The maximum absolute atomic E-state index is 13.4. The van der Waals surface area contributed by atoms with Crippen LogP contribution in [0.4, 0.5) is 14.5 Å². The molecule has 1 nitrogen and oxygen atoms in total. The normalized spacial score (nSPS) is 10.5. The molecule has 1 rings (SSSR count). The van der Waals surface area contributed by atoms with Crippen molar-refractivity contribution in [1.29, 1.82) is 0 Å². The molecule has 1 aromatic carbocycles. The van der Waals surface area contributed by atoms with Gasteiger partial charge in [-0.1, -0.05) is 26.2 Å². The molecule has 0 amide bonds. The minimum atomic E-state index is -0.380. The molecule has 0 saturated carbocycles. The van der Waals surface area contributed by atoms with E-state index in [4.69, 9.17) is 0 Å². The molecule has 90 valence electrons. The van der Waals surface area contributed by atoms with Crippen LogP contribution >= 0.6 is 0 Å². The van der Waals surface area contributed by atoms with Crippen LogP contribution in [0.5, 0.6) is 0 Å². The highest BCUT2D eigenvalue weighted by Gasteiger charge is 2.06. The summed E-state index contributed by atoms with van der Waals surface area (Å²) in [6.07, 6.45) is 4.47. The Bertz CT molecular complexity index is 337. The molecule has 1 N–H and O–H groups in total. The van der Waals surface area contributed by atoms with Crippen LogP contribution in [0.1, 0.15) is 38.2 Å². The molecule has 0 saturated heterocycles. The van der Waals surface area contributed by atoms with E-state index in [2.05, 4.69) is 12.2 Å². The Balaban J connectivity index is 2.45. The maximum Gasteiger partial charge on any atom is 0.146 e. The van der Waals surface area contributed by atoms with Crippen molar-refractivity contribution in [2.75, 3.05) is 11.9 Å². The summed E-state index contributed by atoms with van der Waals surface area (Å²) in [5, 5.41) is 2.92. The van der Waals surface area contributed by atoms with Gasteiger partial charge in [0.2, 0.25) is 0 Å². The van der Waals surface area contributed by atoms with Crippen LogP contribution in [0.3, 0.4) is 0 Å². The lowest BCUT2D eigenvalue weighted by molar-refractivity contribution is 0.593. The lowest BCUT2D eigenvalue weighted by Crippen LogP contribution is -2.04. The van der Waals surface area contributed by atoms with Crippen molar-refractivity contribution >= 4 is 5.69 Å². The fourth-order valence-corrected chi connectivity index (χ4v) is 1.56. The first-order valence-corrected chi connectivity index (χ1v) is 5.84. The van der Waals surface area contributed by atoms with Crippen LogP contribution in [-0.4, -0.2) is 6.54 Å². The van der Waals surface area contributed by atoms with Gasteiger partial charge in [-0.15, -0.1) is 0 Å². The topological polar surface area (TPSA) is 12.0 Å². The first-order chi connectivity index (χ1) is 7.65. The monoisotopic (exact) mass is 227 g/mol. The van der Waals surface area contributed by atoms with E-state index in [9.17, 15) is 8.78 Å². The van der Waals surface area contributed by atoms with Crippen molar-refractivity contribution in [3.63, 3.8) is 0 Å². The molecule has 0 aliphatic heterocycles. The zero-order chi connectivity index (χ0) is 12.0. The van der Waals surface area contributed by atoms with Crippen LogP contribution in [-0.2, 0) is 0 Å². The van der Waals surface area contributed by atoms with E-state index in [0.29, 0.717) is 12.1 Å². The van der Waals surface area contributed by atoms with Crippen molar-refractivity contribution in [3.8, 4) is 0 Å². The summed E-state index contributed by atoms with van der Waals surface area (Å²) in [4.78, 5) is 0. The zero-order valence-electron chi connectivity index (χ0n) is 9.95. The Labute approximate surface area is 95.9 Å². The summed E-state index contributed by atoms with van der Waals surface area (Å²) in [6.45, 7) is 4.39. The summed E-state index contributed by atoms with van der Waals surface area (Å²) in [6, 6.07) is 2.45. The van der Waals surface area contributed by atoms with E-state index in [1.54, 1.807) is 6.92 Å². The first kappa shape index (κ1) is 12.9. The van der Waals surface area contributed by atoms with Gasteiger partial charge in [0.05, 0.1) is 5.69 Å². The fourth-order valence-electron chi connectivity index (χ4n) is 1.56. The lowest BCUT2D eigenvalue weighted by atomic mass is 10.2. The highest BCUT2D eigenvalue weighted by Crippen LogP contribution is 2.18. The molecule has 3 heteroatoms. The van der Waals surface area contributed by atoms with Crippen molar-refractivity contribution in [2.45, 2.75) is 39.5 Å². The number of nitrogens with one attached hydrogen (secondary N) is 1. The van der Waals surface area contributed by atoms with Gasteiger partial charge in [0.15, 0.2) is 0 Å². The molecule has 0 aromatic heterocycles. The van der Waals surface area contributed by atoms with E-state index in [1.807, 2.05) is 0 Å². The average molecular weight is 227 g/mol. The molecule has 0 radical (unpaired) electrons. The first-order valence-electron chi connectivity index (χ1n) is 5.84. The number of aryl methyl sites for hydroxylation is 1. The van der Waals surface area contributed by atoms with Gasteiger partial charge < -0.3 is 5.32 Å². The van der Waals surface area contributed by atoms with E-state index in [0.717, 1.165) is 12.8 Å². The number of halogens is 2. The highest BCUT2D eigenvalue weighted by molar-refractivity contribution is 5.46. The van der Waals surface area contributed by atoms with E-state index in [1.165, 1.54) is 25.0 Å². The van der Waals surface area contributed by atoms with Gasteiger partial charge in [-0.05, 0) is 25.0 Å². The molecule has 0 unspecified atom stereocenters. The second-order valence-electron chi connectivity index (χ2n) is 4.07. The molecule has 0 atom stereocenters. The molecule has 16 heavy (non-hydrogen) atoms. The van der Waals surface area contributed by atoms with E-state index in [-0.39, 0.29) is 17.3 Å². The van der Waals surface area contributed by atoms with Crippen molar-refractivity contribution in [3.05, 3.63) is 29.3 Å². The third-order valence-electron chi connectivity index (χ3n) is 2.59. The predicted molar refractivity (Wildman–Crippen MR) is 63.7 cm³/mol. The molecular weight excluding hydrogens is 208 g/mol. The number of hydrogen-bond acceptors (Lipinski definition) is 1. The second-order valence-corrected chi connectivity index (χ2v) is 4.07. The standard InChI is InChI=1S/C13H19F2N/c1-3-4-5-6-7-16-13-9-11(14)10(2)8-12(13)15/h8-9,16H,3-7H2,1-2H3. The van der Waals surface area contributed by atoms with Gasteiger partial charge in [0.1, 0.15) is 11.6 Å². The van der Waals surface area contributed by atoms with Gasteiger partial charge in [-0.3, -0.25) is 0 Å². The predicted octanol–water partition coefficient (Wildman–Crippen LogP) is 4.27. The molecule has 1 aromatic rings. The summed E-state index contributed by atoms with van der Waals surface area (Å²) < 4.78 is 26.6. The Morgan fingerprint density at radius 3 is 2.50 bits per heavy atom. The number of anilines is 1. The Kier molecular flexibility index (Phi) is 5.23. The van der Waals surface area contributed by atoms with Crippen LogP contribution in [0.15, 0.2) is 12.1 Å². The molecule has 0 heterocycles. The zero-order valence-corrected chi connectivity index (χ0v) is 9.95. The minimum absolute atomic E-state index is 0.264. The molecule has 0 spiro atoms. The Morgan fingerprint density at radius 1 is 1.06 bits per heavy atom. The third kappa shape index (κ3) is 3.80. The molecule has 0 aliphatic carbocycles.